The van der Waals surface area contributed by atoms with E-state index < -0.39 is 0 Å². The summed E-state index contributed by atoms with van der Waals surface area (Å²) in [6.45, 7) is 0.781. The molecule has 1 spiro atoms. The van der Waals surface area contributed by atoms with Gasteiger partial charge in [-0.05, 0) is 62.9 Å². The summed E-state index contributed by atoms with van der Waals surface area (Å²) in [5.74, 6) is 1.01. The van der Waals surface area contributed by atoms with Crippen molar-refractivity contribution in [3.63, 3.8) is 0 Å². The van der Waals surface area contributed by atoms with Gasteiger partial charge in [0.05, 0.1) is 0 Å². The van der Waals surface area contributed by atoms with Crippen molar-refractivity contribution < 1.29 is 4.79 Å². The third-order valence-corrected chi connectivity index (χ3v) is 8.20. The third-order valence-electron chi connectivity index (χ3n) is 7.32. The van der Waals surface area contributed by atoms with E-state index in [0.717, 1.165) is 48.6 Å². The van der Waals surface area contributed by atoms with E-state index in [1.807, 2.05) is 22.4 Å². The molecule has 3 aromatic rings. The summed E-state index contributed by atoms with van der Waals surface area (Å²) in [4.78, 5) is 26.2. The Morgan fingerprint density at radius 1 is 1.00 bits per heavy atom. The number of aromatic nitrogens is 2. The van der Waals surface area contributed by atoms with Crippen molar-refractivity contribution in [3.8, 4) is 10.6 Å². The van der Waals surface area contributed by atoms with Gasteiger partial charge in [0.2, 0.25) is 5.91 Å². The van der Waals surface area contributed by atoms with Gasteiger partial charge in [0.25, 0.3) is 0 Å². The topological polar surface area (TPSA) is 49.3 Å². The molecule has 2 aliphatic rings. The Hall–Kier alpha value is -2.57. The lowest BCUT2D eigenvalue weighted by Gasteiger charge is -2.48. The van der Waals surface area contributed by atoms with E-state index in [-0.39, 0.29) is 16.9 Å². The fraction of sp³-hybridized carbons (Fsp3) is 0.400. The molecule has 0 bridgehead atoms. The van der Waals surface area contributed by atoms with Gasteiger partial charge in [-0.15, -0.1) is 11.3 Å². The number of benzene rings is 1. The zero-order valence-electron chi connectivity index (χ0n) is 18.1. The van der Waals surface area contributed by atoms with Crippen LogP contribution in [0.2, 0.25) is 0 Å². The fourth-order valence-electron chi connectivity index (χ4n) is 5.39. The molecule has 1 amide bonds. The first kappa shape index (κ1) is 20.3. The molecule has 160 valence electrons. The van der Waals surface area contributed by atoms with Gasteiger partial charge in [0.15, 0.2) is 0 Å². The van der Waals surface area contributed by atoms with Crippen LogP contribution in [0.1, 0.15) is 37.7 Å². The van der Waals surface area contributed by atoms with Crippen LogP contribution in [0.4, 0.5) is 5.82 Å². The lowest BCUT2D eigenvalue weighted by molar-refractivity contribution is -0.118. The Labute approximate surface area is 187 Å². The Kier molecular flexibility index (Phi) is 5.15. The van der Waals surface area contributed by atoms with Crippen LogP contribution in [-0.4, -0.2) is 41.4 Å². The van der Waals surface area contributed by atoms with Gasteiger partial charge in [-0.25, -0.2) is 4.98 Å². The largest absolute Gasteiger partial charge is 0.300 e. The van der Waals surface area contributed by atoms with Crippen LogP contribution in [0.25, 0.3) is 10.6 Å². The monoisotopic (exact) mass is 432 g/mol. The minimum Gasteiger partial charge on any atom is -0.300 e. The van der Waals surface area contributed by atoms with E-state index in [4.69, 9.17) is 4.98 Å². The maximum absolute atomic E-state index is 13.0. The smallest absolute Gasteiger partial charge is 0.228 e. The average Bonchev–Trinajstić information content (AvgIpc) is 3.40. The Bertz CT molecular complexity index is 1060. The molecule has 1 aliphatic carbocycles. The van der Waals surface area contributed by atoms with Crippen LogP contribution in [-0.2, 0) is 10.3 Å². The number of nitrogens with zero attached hydrogens (tertiary/aromatic N) is 4. The highest BCUT2D eigenvalue weighted by Crippen LogP contribution is 2.52. The van der Waals surface area contributed by atoms with Gasteiger partial charge in [-0.1, -0.05) is 30.3 Å². The Balaban J connectivity index is 1.34. The van der Waals surface area contributed by atoms with Crippen molar-refractivity contribution in [1.82, 2.24) is 14.9 Å². The van der Waals surface area contributed by atoms with Gasteiger partial charge < -0.3 is 0 Å². The van der Waals surface area contributed by atoms with Crippen molar-refractivity contribution in [2.24, 2.45) is 5.41 Å². The molecule has 0 atom stereocenters. The number of carbonyl (C=O) groups is 1. The average molecular weight is 433 g/mol. The highest BCUT2D eigenvalue weighted by molar-refractivity contribution is 7.13. The minimum absolute atomic E-state index is 0.0537. The summed E-state index contributed by atoms with van der Waals surface area (Å²) in [6, 6.07) is 14.8. The molecule has 3 heterocycles. The van der Waals surface area contributed by atoms with Gasteiger partial charge >= 0.3 is 0 Å². The summed E-state index contributed by atoms with van der Waals surface area (Å²) >= 11 is 1.59. The van der Waals surface area contributed by atoms with Crippen molar-refractivity contribution in [3.05, 3.63) is 65.8 Å². The number of hydrogen-bond donors (Lipinski definition) is 0. The van der Waals surface area contributed by atoms with Crippen LogP contribution >= 0.6 is 11.3 Å². The highest BCUT2D eigenvalue weighted by atomic mass is 32.1. The summed E-state index contributed by atoms with van der Waals surface area (Å²) in [6.07, 6.45) is 8.45. The van der Waals surface area contributed by atoms with Gasteiger partial charge in [0, 0.05) is 41.8 Å². The van der Waals surface area contributed by atoms with Crippen molar-refractivity contribution in [2.45, 2.75) is 37.6 Å². The second-order valence-electron chi connectivity index (χ2n) is 9.20. The Morgan fingerprint density at radius 2 is 1.71 bits per heavy atom. The minimum atomic E-state index is 0.0537. The Morgan fingerprint density at radius 3 is 2.39 bits per heavy atom. The molecular weight excluding hydrogens is 404 g/mol. The number of anilines is 1. The van der Waals surface area contributed by atoms with Gasteiger partial charge in [-0.3, -0.25) is 19.6 Å². The van der Waals surface area contributed by atoms with E-state index in [1.165, 1.54) is 5.56 Å². The van der Waals surface area contributed by atoms with Crippen LogP contribution < -0.4 is 4.90 Å². The van der Waals surface area contributed by atoms with E-state index >= 15 is 0 Å². The second-order valence-corrected chi connectivity index (χ2v) is 10.1. The number of amides is 1. The van der Waals surface area contributed by atoms with Crippen LogP contribution in [0.3, 0.4) is 0 Å². The normalized spacial score (nSPS) is 26.2. The number of thiazole rings is 1. The summed E-state index contributed by atoms with van der Waals surface area (Å²) < 4.78 is 0. The standard InChI is InChI=1S/C25H28N4OS/c1-28(2)25(20-6-4-3-5-7-20)12-10-24(11-13-25)16-22(30)29(18-24)21-17-31-23(27-21)19-8-14-26-15-9-19/h3-9,14-15,17H,10-13,16,18H2,1-2H3. The first-order chi connectivity index (χ1) is 15.0. The first-order valence-electron chi connectivity index (χ1n) is 10.9. The summed E-state index contributed by atoms with van der Waals surface area (Å²) in [5, 5.41) is 2.95. The molecule has 2 aromatic heterocycles. The molecule has 5 nitrogen and oxygen atoms in total. The fourth-order valence-corrected chi connectivity index (χ4v) is 6.21. The van der Waals surface area contributed by atoms with E-state index in [9.17, 15) is 4.79 Å². The molecule has 1 aromatic carbocycles. The summed E-state index contributed by atoms with van der Waals surface area (Å²) in [7, 11) is 4.38. The zero-order chi connectivity index (χ0) is 21.5. The van der Waals surface area contributed by atoms with Crippen LogP contribution in [0, 0.1) is 5.41 Å². The molecule has 1 saturated carbocycles. The highest BCUT2D eigenvalue weighted by Gasteiger charge is 2.50. The molecule has 5 rings (SSSR count). The van der Waals surface area contributed by atoms with Crippen molar-refractivity contribution in [2.75, 3.05) is 25.5 Å². The SMILES string of the molecule is CN(C)C1(c2ccccc2)CCC2(CC1)CC(=O)N(c1csc(-c3ccncc3)n1)C2. The molecule has 1 aliphatic heterocycles. The first-order valence-corrected chi connectivity index (χ1v) is 11.8. The maximum atomic E-state index is 13.0. The van der Waals surface area contributed by atoms with E-state index in [1.54, 1.807) is 23.7 Å². The lowest BCUT2D eigenvalue weighted by Crippen LogP contribution is -2.47. The number of rotatable bonds is 4. The molecule has 31 heavy (non-hydrogen) atoms. The van der Waals surface area contributed by atoms with Crippen molar-refractivity contribution in [1.29, 1.82) is 0 Å². The maximum Gasteiger partial charge on any atom is 0.228 e. The molecule has 1 saturated heterocycles. The summed E-state index contributed by atoms with van der Waals surface area (Å²) in [5.41, 5.74) is 2.55. The molecule has 2 fully saturated rings. The predicted octanol–water partition coefficient (Wildman–Crippen LogP) is 4.96. The van der Waals surface area contributed by atoms with E-state index in [0.29, 0.717) is 6.42 Å². The molecule has 0 radical (unpaired) electrons. The van der Waals surface area contributed by atoms with E-state index in [2.05, 4.69) is 54.3 Å². The molecule has 0 unspecified atom stereocenters. The predicted molar refractivity (Wildman–Crippen MR) is 125 cm³/mol. The van der Waals surface area contributed by atoms with Gasteiger partial charge in [-0.2, -0.15) is 0 Å². The number of hydrogen-bond acceptors (Lipinski definition) is 5. The lowest BCUT2D eigenvalue weighted by atomic mass is 9.64. The van der Waals surface area contributed by atoms with Crippen LogP contribution in [0.5, 0.6) is 0 Å². The molecule has 0 N–H and O–H groups in total. The van der Waals surface area contributed by atoms with Crippen molar-refractivity contribution >= 4 is 23.1 Å². The second kappa shape index (κ2) is 7.84. The van der Waals surface area contributed by atoms with Crippen LogP contribution in [0.15, 0.2) is 60.2 Å². The van der Waals surface area contributed by atoms with Gasteiger partial charge in [0.1, 0.15) is 10.8 Å². The molecule has 6 heteroatoms. The number of carbonyl (C=O) groups excluding carboxylic acids is 1. The molecular formula is C25H28N4OS. The zero-order valence-corrected chi connectivity index (χ0v) is 18.9. The third kappa shape index (κ3) is 3.58. The number of pyridine rings is 1. The quantitative estimate of drug-likeness (QED) is 0.585.